The van der Waals surface area contributed by atoms with Gasteiger partial charge in [-0.05, 0) is 42.0 Å². The molecule has 1 fully saturated rings. The van der Waals surface area contributed by atoms with E-state index in [1.165, 1.54) is 49.7 Å². The van der Waals surface area contributed by atoms with Crippen LogP contribution in [-0.2, 0) is 6.54 Å². The normalized spacial score (nSPS) is 25.5. The lowest BCUT2D eigenvalue weighted by Crippen LogP contribution is -2.21. The van der Waals surface area contributed by atoms with E-state index in [0.29, 0.717) is 11.8 Å². The topological polar surface area (TPSA) is 32.3 Å². The van der Waals surface area contributed by atoms with Crippen LogP contribution in [0.3, 0.4) is 0 Å². The minimum Gasteiger partial charge on any atom is -0.508 e. The van der Waals surface area contributed by atoms with Crippen molar-refractivity contribution in [3.63, 3.8) is 0 Å². The number of phenols is 1. The monoisotopic (exact) mass is 231 g/mol. The van der Waals surface area contributed by atoms with Crippen molar-refractivity contribution in [1.82, 2.24) is 5.32 Å². The van der Waals surface area contributed by atoms with Gasteiger partial charge in [0.2, 0.25) is 0 Å². The minimum atomic E-state index is 0.395. The molecule has 2 aliphatic rings. The van der Waals surface area contributed by atoms with E-state index in [9.17, 15) is 5.11 Å². The van der Waals surface area contributed by atoms with Gasteiger partial charge in [-0.3, -0.25) is 0 Å². The molecule has 2 heteroatoms. The highest BCUT2D eigenvalue weighted by atomic mass is 16.3. The second-order valence-corrected chi connectivity index (χ2v) is 5.49. The van der Waals surface area contributed by atoms with Gasteiger partial charge < -0.3 is 10.4 Å². The molecule has 1 aromatic rings. The largest absolute Gasteiger partial charge is 0.508 e. The van der Waals surface area contributed by atoms with Crippen LogP contribution in [0.4, 0.5) is 0 Å². The zero-order chi connectivity index (χ0) is 11.7. The Morgan fingerprint density at radius 1 is 1.06 bits per heavy atom. The Morgan fingerprint density at radius 3 is 2.59 bits per heavy atom. The summed E-state index contributed by atoms with van der Waals surface area (Å²) in [5, 5.41) is 13.1. The SMILES string of the molecule is Oc1ccc2c(c1)CNC2C1CCCCCC1. The molecule has 1 aliphatic heterocycles. The van der Waals surface area contributed by atoms with Crippen LogP contribution in [0.25, 0.3) is 0 Å². The number of nitrogens with one attached hydrogen (secondary N) is 1. The van der Waals surface area contributed by atoms with Crippen molar-refractivity contribution in [2.24, 2.45) is 5.92 Å². The highest BCUT2D eigenvalue weighted by molar-refractivity contribution is 5.39. The Balaban J connectivity index is 1.82. The fourth-order valence-corrected chi connectivity index (χ4v) is 3.44. The first-order valence-electron chi connectivity index (χ1n) is 6.90. The van der Waals surface area contributed by atoms with Crippen LogP contribution in [0.2, 0.25) is 0 Å². The van der Waals surface area contributed by atoms with E-state index in [4.69, 9.17) is 0 Å². The molecule has 92 valence electrons. The van der Waals surface area contributed by atoms with Crippen molar-refractivity contribution in [3.8, 4) is 5.75 Å². The Morgan fingerprint density at radius 2 is 1.82 bits per heavy atom. The molecule has 17 heavy (non-hydrogen) atoms. The van der Waals surface area contributed by atoms with E-state index >= 15 is 0 Å². The first kappa shape index (κ1) is 11.1. The molecular formula is C15H21NO. The summed E-state index contributed by atoms with van der Waals surface area (Å²) in [5.41, 5.74) is 2.72. The summed E-state index contributed by atoms with van der Waals surface area (Å²) in [6.45, 7) is 0.922. The third-order valence-electron chi connectivity index (χ3n) is 4.35. The summed E-state index contributed by atoms with van der Waals surface area (Å²) in [6, 6.07) is 6.39. The van der Waals surface area contributed by atoms with Crippen LogP contribution in [0, 0.1) is 5.92 Å². The molecule has 1 unspecified atom stereocenters. The van der Waals surface area contributed by atoms with Crippen molar-refractivity contribution >= 4 is 0 Å². The van der Waals surface area contributed by atoms with E-state index in [1.54, 1.807) is 0 Å². The first-order chi connectivity index (χ1) is 8.34. The van der Waals surface area contributed by atoms with Crippen molar-refractivity contribution in [2.45, 2.75) is 51.1 Å². The van der Waals surface area contributed by atoms with E-state index in [2.05, 4.69) is 11.4 Å². The molecule has 1 saturated carbocycles. The molecule has 1 atom stereocenters. The lowest BCUT2D eigenvalue weighted by Gasteiger charge is -2.23. The summed E-state index contributed by atoms with van der Waals surface area (Å²) in [7, 11) is 0. The van der Waals surface area contributed by atoms with Gasteiger partial charge in [0.25, 0.3) is 0 Å². The van der Waals surface area contributed by atoms with Crippen LogP contribution < -0.4 is 5.32 Å². The summed E-state index contributed by atoms with van der Waals surface area (Å²) < 4.78 is 0. The zero-order valence-corrected chi connectivity index (χ0v) is 10.3. The zero-order valence-electron chi connectivity index (χ0n) is 10.3. The van der Waals surface area contributed by atoms with Crippen LogP contribution >= 0.6 is 0 Å². The maximum absolute atomic E-state index is 9.51. The lowest BCUT2D eigenvalue weighted by atomic mass is 9.87. The Labute approximate surface area is 103 Å². The lowest BCUT2D eigenvalue weighted by molar-refractivity contribution is 0.342. The number of phenolic OH excluding ortho intramolecular Hbond substituents is 1. The van der Waals surface area contributed by atoms with Gasteiger partial charge in [-0.25, -0.2) is 0 Å². The van der Waals surface area contributed by atoms with Gasteiger partial charge in [-0.15, -0.1) is 0 Å². The highest BCUT2D eigenvalue weighted by Gasteiger charge is 2.29. The Hall–Kier alpha value is -1.02. The first-order valence-corrected chi connectivity index (χ1v) is 6.90. The van der Waals surface area contributed by atoms with E-state index in [1.807, 2.05) is 12.1 Å². The molecule has 2 nitrogen and oxygen atoms in total. The third kappa shape index (κ3) is 2.19. The van der Waals surface area contributed by atoms with Gasteiger partial charge in [0.1, 0.15) is 5.75 Å². The van der Waals surface area contributed by atoms with Crippen LogP contribution in [-0.4, -0.2) is 5.11 Å². The van der Waals surface area contributed by atoms with Gasteiger partial charge in [0, 0.05) is 12.6 Å². The minimum absolute atomic E-state index is 0.395. The van der Waals surface area contributed by atoms with Crippen molar-refractivity contribution in [2.75, 3.05) is 0 Å². The Kier molecular flexibility index (Phi) is 3.06. The average Bonchev–Trinajstić information content (AvgIpc) is 2.57. The van der Waals surface area contributed by atoms with Gasteiger partial charge >= 0.3 is 0 Å². The number of hydrogen-bond acceptors (Lipinski definition) is 2. The molecule has 0 saturated heterocycles. The molecule has 1 aromatic carbocycles. The predicted molar refractivity (Wildman–Crippen MR) is 68.9 cm³/mol. The number of benzene rings is 1. The maximum Gasteiger partial charge on any atom is 0.115 e. The summed E-state index contributed by atoms with van der Waals surface area (Å²) in [6.07, 6.45) is 8.31. The summed E-state index contributed by atoms with van der Waals surface area (Å²) in [4.78, 5) is 0. The summed E-state index contributed by atoms with van der Waals surface area (Å²) in [5.74, 6) is 1.19. The van der Waals surface area contributed by atoms with Gasteiger partial charge in [0.15, 0.2) is 0 Å². The Bertz CT molecular complexity index is 394. The maximum atomic E-state index is 9.51. The molecular weight excluding hydrogens is 210 g/mol. The molecule has 0 aromatic heterocycles. The molecule has 0 radical (unpaired) electrons. The second-order valence-electron chi connectivity index (χ2n) is 5.49. The molecule has 1 heterocycles. The number of aromatic hydroxyl groups is 1. The van der Waals surface area contributed by atoms with Crippen LogP contribution in [0.15, 0.2) is 18.2 Å². The number of fused-ring (bicyclic) bond motifs is 1. The fourth-order valence-electron chi connectivity index (χ4n) is 3.44. The molecule has 0 amide bonds. The van der Waals surface area contributed by atoms with Crippen LogP contribution in [0.5, 0.6) is 5.75 Å². The second kappa shape index (κ2) is 4.69. The predicted octanol–water partition coefficient (Wildman–Crippen LogP) is 3.51. The van der Waals surface area contributed by atoms with Gasteiger partial charge in [-0.2, -0.15) is 0 Å². The van der Waals surface area contributed by atoms with E-state index in [-0.39, 0.29) is 0 Å². The van der Waals surface area contributed by atoms with Gasteiger partial charge in [-0.1, -0.05) is 31.7 Å². The highest BCUT2D eigenvalue weighted by Crippen LogP contribution is 2.38. The molecule has 2 N–H and O–H groups in total. The standard InChI is InChI=1S/C15H21NO/c17-13-7-8-14-12(9-13)10-16-15(14)11-5-3-1-2-4-6-11/h7-9,11,15-17H,1-6,10H2. The molecule has 3 rings (SSSR count). The molecule has 0 bridgehead atoms. The molecule has 0 spiro atoms. The average molecular weight is 231 g/mol. The van der Waals surface area contributed by atoms with Crippen molar-refractivity contribution < 1.29 is 5.11 Å². The van der Waals surface area contributed by atoms with Crippen LogP contribution in [0.1, 0.15) is 55.7 Å². The smallest absolute Gasteiger partial charge is 0.115 e. The molecule has 1 aliphatic carbocycles. The summed E-state index contributed by atoms with van der Waals surface area (Å²) >= 11 is 0. The fraction of sp³-hybridized carbons (Fsp3) is 0.600. The van der Waals surface area contributed by atoms with Crippen molar-refractivity contribution in [3.05, 3.63) is 29.3 Å². The number of hydrogen-bond donors (Lipinski definition) is 2. The van der Waals surface area contributed by atoms with Gasteiger partial charge in [0.05, 0.1) is 0 Å². The number of rotatable bonds is 1. The van der Waals surface area contributed by atoms with E-state index < -0.39 is 0 Å². The van der Waals surface area contributed by atoms with Crippen molar-refractivity contribution in [1.29, 1.82) is 0 Å². The quantitative estimate of drug-likeness (QED) is 0.725. The van der Waals surface area contributed by atoms with E-state index in [0.717, 1.165) is 12.5 Å². The third-order valence-corrected chi connectivity index (χ3v) is 4.35.